The minimum Gasteiger partial charge on any atom is -0.454 e. The van der Waals surface area contributed by atoms with E-state index in [-0.39, 0.29) is 33.4 Å². The Labute approximate surface area is 176 Å². The molecule has 3 aromatic carbocycles. The third-order valence-corrected chi connectivity index (χ3v) is 6.75. The number of hydrogen-bond acceptors (Lipinski definition) is 5. The monoisotopic (exact) mass is 445 g/mol. The van der Waals surface area contributed by atoms with Crippen LogP contribution in [0.3, 0.4) is 0 Å². The summed E-state index contributed by atoms with van der Waals surface area (Å²) in [6, 6.07) is 15.2. The Morgan fingerprint density at radius 1 is 1.00 bits per heavy atom. The van der Waals surface area contributed by atoms with Gasteiger partial charge in [0.05, 0.1) is 15.9 Å². The normalized spacial score (nSPS) is 14.7. The van der Waals surface area contributed by atoms with Crippen LogP contribution in [0.1, 0.15) is 11.1 Å². The highest BCUT2D eigenvalue weighted by atomic mass is 35.5. The average molecular weight is 446 g/mol. The molecule has 0 radical (unpaired) electrons. The van der Waals surface area contributed by atoms with Crippen molar-refractivity contribution in [1.29, 1.82) is 0 Å². The minimum absolute atomic E-state index is 0.00190. The summed E-state index contributed by atoms with van der Waals surface area (Å²) < 4.78 is 46.0. The fraction of sp³-hybridized carbons (Fsp3) is 0.0476. The first-order valence-electron chi connectivity index (χ1n) is 8.70. The summed E-state index contributed by atoms with van der Waals surface area (Å²) in [4.78, 5) is 10.3. The number of benzene rings is 3. The van der Waals surface area contributed by atoms with E-state index in [1.54, 1.807) is 24.3 Å². The van der Waals surface area contributed by atoms with Crippen LogP contribution in [0.25, 0.3) is 5.76 Å². The van der Waals surface area contributed by atoms with E-state index in [0.717, 1.165) is 18.2 Å². The van der Waals surface area contributed by atoms with Crippen molar-refractivity contribution in [2.24, 2.45) is 0 Å². The van der Waals surface area contributed by atoms with Gasteiger partial charge < -0.3 is 4.74 Å². The molecule has 1 aliphatic heterocycles. The fourth-order valence-electron chi connectivity index (χ4n) is 3.12. The molecule has 0 aromatic heterocycles. The van der Waals surface area contributed by atoms with E-state index in [1.807, 2.05) is 0 Å². The van der Waals surface area contributed by atoms with Crippen molar-refractivity contribution in [3.63, 3.8) is 0 Å². The lowest BCUT2D eigenvalue weighted by atomic mass is 10.1. The molecule has 0 bridgehead atoms. The second-order valence-corrected chi connectivity index (χ2v) is 8.93. The summed E-state index contributed by atoms with van der Waals surface area (Å²) in [7, 11) is -4.04. The highest BCUT2D eigenvalue weighted by Gasteiger charge is 2.35. The van der Waals surface area contributed by atoms with Crippen LogP contribution in [0.15, 0.2) is 76.5 Å². The summed E-state index contributed by atoms with van der Waals surface area (Å²) in [5.74, 6) is -0.644. The number of rotatable bonds is 4. The molecule has 0 amide bonds. The lowest BCUT2D eigenvalue weighted by Crippen LogP contribution is -2.18. The van der Waals surface area contributed by atoms with Gasteiger partial charge in [-0.2, -0.15) is 0 Å². The maximum atomic E-state index is 13.4. The van der Waals surface area contributed by atoms with Crippen molar-refractivity contribution in [3.8, 4) is 5.75 Å². The number of sulfone groups is 1. The van der Waals surface area contributed by atoms with Crippen molar-refractivity contribution < 1.29 is 22.5 Å². The van der Waals surface area contributed by atoms with Crippen LogP contribution in [0.2, 0.25) is 5.02 Å². The van der Waals surface area contributed by atoms with E-state index in [1.165, 1.54) is 24.3 Å². The van der Waals surface area contributed by atoms with E-state index in [2.05, 4.69) is 0 Å². The number of nitro benzene ring substituents is 1. The summed E-state index contributed by atoms with van der Waals surface area (Å²) >= 11 is 5.91. The van der Waals surface area contributed by atoms with E-state index >= 15 is 0 Å². The lowest BCUT2D eigenvalue weighted by Gasteiger charge is -2.24. The first kappa shape index (κ1) is 20.1. The molecule has 9 heteroatoms. The maximum Gasteiger partial charge on any atom is 0.273 e. The maximum absolute atomic E-state index is 13.4. The topological polar surface area (TPSA) is 86.5 Å². The van der Waals surface area contributed by atoms with Crippen LogP contribution in [0, 0.1) is 15.9 Å². The number of halogens is 2. The van der Waals surface area contributed by atoms with Gasteiger partial charge in [0, 0.05) is 23.1 Å². The predicted molar refractivity (Wildman–Crippen MR) is 109 cm³/mol. The third-order valence-electron chi connectivity index (χ3n) is 4.60. The van der Waals surface area contributed by atoms with Crippen LogP contribution in [-0.4, -0.2) is 13.3 Å². The highest BCUT2D eigenvalue weighted by Crippen LogP contribution is 2.42. The van der Waals surface area contributed by atoms with Gasteiger partial charge in [-0.1, -0.05) is 23.7 Å². The number of fused-ring (bicyclic) bond motifs is 1. The highest BCUT2D eigenvalue weighted by molar-refractivity contribution is 7.95. The average Bonchev–Trinajstić information content (AvgIpc) is 2.71. The number of nitrogens with zero attached hydrogens (tertiary/aromatic N) is 1. The number of non-ortho nitro benzene ring substituents is 1. The van der Waals surface area contributed by atoms with Crippen molar-refractivity contribution in [3.05, 3.63) is 104 Å². The Bertz CT molecular complexity index is 1290. The van der Waals surface area contributed by atoms with Crippen molar-refractivity contribution in [1.82, 2.24) is 0 Å². The molecule has 0 N–H and O–H groups in total. The molecule has 1 aliphatic rings. The van der Waals surface area contributed by atoms with Gasteiger partial charge in [0.25, 0.3) is 5.69 Å². The Morgan fingerprint density at radius 3 is 2.30 bits per heavy atom. The van der Waals surface area contributed by atoms with Crippen LogP contribution in [0.5, 0.6) is 5.75 Å². The second kappa shape index (κ2) is 7.55. The standard InChI is InChI=1S/C21H13ClFNO5S/c22-15-5-1-13(2-6-15)11-20-21(14-3-7-16(23)8-4-14)29-18-12-17(24(25)26)9-10-19(18)30(20,27)28/h1-10,12H,11H2. The Morgan fingerprint density at radius 2 is 1.67 bits per heavy atom. The van der Waals surface area contributed by atoms with Gasteiger partial charge in [0.15, 0.2) is 5.75 Å². The molecule has 0 spiro atoms. The summed E-state index contributed by atoms with van der Waals surface area (Å²) in [5, 5.41) is 11.6. The molecule has 0 saturated heterocycles. The van der Waals surface area contributed by atoms with Crippen LogP contribution in [-0.2, 0) is 16.3 Å². The van der Waals surface area contributed by atoms with Gasteiger partial charge in [0.2, 0.25) is 9.84 Å². The molecular formula is C21H13ClFNO5S. The molecule has 3 aromatic rings. The van der Waals surface area contributed by atoms with Crippen molar-refractivity contribution in [2.45, 2.75) is 11.3 Å². The zero-order valence-electron chi connectivity index (χ0n) is 15.2. The van der Waals surface area contributed by atoms with E-state index in [9.17, 15) is 22.9 Å². The number of hydrogen-bond donors (Lipinski definition) is 0. The van der Waals surface area contributed by atoms with E-state index < -0.39 is 20.6 Å². The molecule has 30 heavy (non-hydrogen) atoms. The molecule has 1 heterocycles. The van der Waals surface area contributed by atoms with Gasteiger partial charge in [0.1, 0.15) is 16.5 Å². The number of nitro groups is 1. The summed E-state index contributed by atoms with van der Waals surface area (Å²) in [6.07, 6.45) is 0.00262. The predicted octanol–water partition coefficient (Wildman–Crippen LogP) is 5.16. The van der Waals surface area contributed by atoms with E-state index in [0.29, 0.717) is 16.1 Å². The fourth-order valence-corrected chi connectivity index (χ4v) is 4.88. The smallest absolute Gasteiger partial charge is 0.273 e. The molecule has 152 valence electrons. The molecule has 0 aliphatic carbocycles. The zero-order chi connectivity index (χ0) is 21.5. The lowest BCUT2D eigenvalue weighted by molar-refractivity contribution is -0.385. The van der Waals surface area contributed by atoms with E-state index in [4.69, 9.17) is 16.3 Å². The molecule has 4 rings (SSSR count). The second-order valence-electron chi connectivity index (χ2n) is 6.56. The zero-order valence-corrected chi connectivity index (χ0v) is 16.8. The van der Waals surface area contributed by atoms with Crippen LogP contribution < -0.4 is 4.74 Å². The van der Waals surface area contributed by atoms with Gasteiger partial charge in [-0.25, -0.2) is 12.8 Å². The van der Waals surface area contributed by atoms with Crippen LogP contribution in [0.4, 0.5) is 10.1 Å². The number of allylic oxidation sites excluding steroid dienone is 1. The van der Waals surface area contributed by atoms with Gasteiger partial charge >= 0.3 is 0 Å². The molecule has 0 fully saturated rings. The number of ether oxygens (including phenoxy) is 1. The van der Waals surface area contributed by atoms with Gasteiger partial charge in [-0.05, 0) is 48.0 Å². The van der Waals surface area contributed by atoms with Gasteiger partial charge in [-0.15, -0.1) is 0 Å². The Balaban J connectivity index is 1.91. The van der Waals surface area contributed by atoms with Crippen molar-refractivity contribution in [2.75, 3.05) is 0 Å². The van der Waals surface area contributed by atoms with Crippen molar-refractivity contribution >= 4 is 32.9 Å². The SMILES string of the molecule is O=[N+]([O-])c1ccc2c(c1)OC(c1ccc(F)cc1)=C(Cc1ccc(Cl)cc1)S2(=O)=O. The Kier molecular flexibility index (Phi) is 5.05. The summed E-state index contributed by atoms with van der Waals surface area (Å²) in [5.41, 5.74) is 0.705. The summed E-state index contributed by atoms with van der Waals surface area (Å²) in [6.45, 7) is 0. The molecule has 0 atom stereocenters. The van der Waals surface area contributed by atoms with Gasteiger partial charge in [-0.3, -0.25) is 10.1 Å². The molecular weight excluding hydrogens is 433 g/mol. The van der Waals surface area contributed by atoms with Crippen LogP contribution >= 0.6 is 11.6 Å². The minimum atomic E-state index is -4.04. The largest absolute Gasteiger partial charge is 0.454 e. The third kappa shape index (κ3) is 3.67. The molecule has 0 unspecified atom stereocenters. The first-order valence-corrected chi connectivity index (χ1v) is 10.6. The first-order chi connectivity index (χ1) is 14.3. The molecule has 0 saturated carbocycles. The quantitative estimate of drug-likeness (QED) is 0.408. The Hall–Kier alpha value is -3.23. The molecule has 6 nitrogen and oxygen atoms in total.